The number of urea groups is 1. The fourth-order valence-corrected chi connectivity index (χ4v) is 4.56. The average Bonchev–Trinajstić information content (AvgIpc) is 3.12. The molecular weight excluding hydrogens is 300 g/mol. The van der Waals surface area contributed by atoms with Crippen LogP contribution in [0.1, 0.15) is 45.0 Å². The lowest BCUT2D eigenvalue weighted by atomic mass is 9.85. The predicted octanol–water partition coefficient (Wildman–Crippen LogP) is 2.36. The second kappa shape index (κ2) is 5.77. The van der Waals surface area contributed by atoms with E-state index in [-0.39, 0.29) is 30.0 Å². The number of carbonyl (C=O) groups is 1. The normalized spacial score (nSPS) is 30.5. The van der Waals surface area contributed by atoms with Gasteiger partial charge in [-0.2, -0.15) is 0 Å². The topological polar surface area (TPSA) is 87.1 Å². The summed E-state index contributed by atoms with van der Waals surface area (Å²) in [6.07, 6.45) is 3.46. The Bertz CT molecular complexity index is 554. The van der Waals surface area contributed by atoms with Crippen LogP contribution in [0, 0.1) is 17.8 Å². The molecule has 4 unspecified atom stereocenters. The van der Waals surface area contributed by atoms with Crippen LogP contribution in [0.5, 0.6) is 0 Å². The van der Waals surface area contributed by atoms with E-state index in [1.807, 2.05) is 0 Å². The minimum absolute atomic E-state index is 0.0688. The number of hydrogen-bond donors (Lipinski definition) is 3. The van der Waals surface area contributed by atoms with Crippen molar-refractivity contribution in [2.24, 2.45) is 17.8 Å². The highest BCUT2D eigenvalue weighted by Gasteiger charge is 2.47. The van der Waals surface area contributed by atoms with Crippen molar-refractivity contribution in [2.75, 3.05) is 11.9 Å². The third kappa shape index (κ3) is 2.96. The van der Waals surface area contributed by atoms with Crippen LogP contribution in [0.2, 0.25) is 0 Å². The van der Waals surface area contributed by atoms with Gasteiger partial charge < -0.3 is 10.4 Å². The fourth-order valence-electron chi connectivity index (χ4n) is 3.76. The van der Waals surface area contributed by atoms with Crippen molar-refractivity contribution in [3.05, 3.63) is 5.01 Å². The van der Waals surface area contributed by atoms with Crippen molar-refractivity contribution < 1.29 is 9.90 Å². The monoisotopic (exact) mass is 324 g/mol. The standard InChI is InChI=1S/C15H24N4O2S/c1-15(2,3)12-18-19-14(22-12)17-13(21)16-11-9-5-4-8(6-9)10(11)7-20/h8-11,20H,4-7H2,1-3H3,(H2,16,17,19,21). The molecule has 1 aromatic heterocycles. The van der Waals surface area contributed by atoms with E-state index in [2.05, 4.69) is 41.6 Å². The minimum Gasteiger partial charge on any atom is -0.396 e. The van der Waals surface area contributed by atoms with Gasteiger partial charge in [-0.1, -0.05) is 32.1 Å². The van der Waals surface area contributed by atoms with Gasteiger partial charge >= 0.3 is 6.03 Å². The molecule has 1 aromatic rings. The molecule has 0 radical (unpaired) electrons. The first-order chi connectivity index (χ1) is 10.4. The number of anilines is 1. The van der Waals surface area contributed by atoms with E-state index in [9.17, 15) is 9.90 Å². The van der Waals surface area contributed by atoms with Gasteiger partial charge in [0.05, 0.1) is 0 Å². The van der Waals surface area contributed by atoms with E-state index in [4.69, 9.17) is 0 Å². The summed E-state index contributed by atoms with van der Waals surface area (Å²) in [6, 6.07) is -0.161. The summed E-state index contributed by atoms with van der Waals surface area (Å²) in [4.78, 5) is 12.2. The molecule has 0 saturated heterocycles. The maximum absolute atomic E-state index is 12.2. The van der Waals surface area contributed by atoms with Gasteiger partial charge in [0.25, 0.3) is 0 Å². The van der Waals surface area contributed by atoms with Crippen molar-refractivity contribution >= 4 is 22.5 Å². The smallest absolute Gasteiger partial charge is 0.321 e. The van der Waals surface area contributed by atoms with E-state index in [0.717, 1.165) is 17.8 Å². The first-order valence-corrected chi connectivity index (χ1v) is 8.72. The first-order valence-electron chi connectivity index (χ1n) is 7.91. The summed E-state index contributed by atoms with van der Waals surface area (Å²) < 4.78 is 0. The third-order valence-corrected chi connectivity index (χ3v) is 6.15. The second-order valence-electron chi connectivity index (χ2n) is 7.47. The minimum atomic E-state index is -0.243. The van der Waals surface area contributed by atoms with Gasteiger partial charge in [-0.25, -0.2) is 4.79 Å². The molecule has 1 heterocycles. The summed E-state index contributed by atoms with van der Waals surface area (Å²) >= 11 is 1.40. The molecule has 7 heteroatoms. The van der Waals surface area contributed by atoms with E-state index < -0.39 is 0 Å². The van der Waals surface area contributed by atoms with Crippen LogP contribution < -0.4 is 10.6 Å². The molecule has 0 spiro atoms. The Morgan fingerprint density at radius 2 is 2.05 bits per heavy atom. The lowest BCUT2D eigenvalue weighted by molar-refractivity contribution is 0.146. The van der Waals surface area contributed by atoms with Crippen LogP contribution in [0.4, 0.5) is 9.93 Å². The lowest BCUT2D eigenvalue weighted by Crippen LogP contribution is -2.46. The number of fused-ring (bicyclic) bond motifs is 2. The number of aromatic nitrogens is 2. The maximum Gasteiger partial charge on any atom is 0.321 e. The van der Waals surface area contributed by atoms with Crippen LogP contribution in [0.3, 0.4) is 0 Å². The number of aliphatic hydroxyl groups excluding tert-OH is 1. The Kier molecular flexibility index (Phi) is 4.11. The van der Waals surface area contributed by atoms with Gasteiger partial charge in [0, 0.05) is 24.0 Å². The highest BCUT2D eigenvalue weighted by atomic mass is 32.1. The van der Waals surface area contributed by atoms with Crippen LogP contribution in [-0.4, -0.2) is 34.0 Å². The first kappa shape index (κ1) is 15.7. The molecule has 2 fully saturated rings. The number of rotatable bonds is 3. The van der Waals surface area contributed by atoms with Crippen LogP contribution in [-0.2, 0) is 5.41 Å². The molecular formula is C15H24N4O2S. The second-order valence-corrected chi connectivity index (χ2v) is 8.44. The molecule has 122 valence electrons. The Hall–Kier alpha value is -1.21. The number of aliphatic hydroxyl groups is 1. The van der Waals surface area contributed by atoms with Gasteiger partial charge in [0.2, 0.25) is 5.13 Å². The number of carbonyl (C=O) groups excluding carboxylic acids is 1. The highest BCUT2D eigenvalue weighted by molar-refractivity contribution is 7.15. The molecule has 2 saturated carbocycles. The maximum atomic E-state index is 12.2. The van der Waals surface area contributed by atoms with Crippen molar-refractivity contribution in [2.45, 2.75) is 51.5 Å². The summed E-state index contributed by atoms with van der Waals surface area (Å²) in [5.74, 6) is 1.27. The molecule has 3 rings (SSSR count). The molecule has 0 aliphatic heterocycles. The van der Waals surface area contributed by atoms with Gasteiger partial charge in [-0.3, -0.25) is 5.32 Å². The molecule has 3 N–H and O–H groups in total. The zero-order valence-corrected chi connectivity index (χ0v) is 14.1. The van der Waals surface area contributed by atoms with Gasteiger partial charge in [-0.05, 0) is 31.1 Å². The highest BCUT2D eigenvalue weighted by Crippen LogP contribution is 2.48. The lowest BCUT2D eigenvalue weighted by Gasteiger charge is -2.30. The Morgan fingerprint density at radius 3 is 2.68 bits per heavy atom. The quantitative estimate of drug-likeness (QED) is 0.796. The summed E-state index contributed by atoms with van der Waals surface area (Å²) in [7, 11) is 0. The van der Waals surface area contributed by atoms with Crippen LogP contribution >= 0.6 is 11.3 Å². The molecule has 4 atom stereocenters. The number of nitrogens with one attached hydrogen (secondary N) is 2. The predicted molar refractivity (Wildman–Crippen MR) is 86.0 cm³/mol. The number of amides is 2. The van der Waals surface area contributed by atoms with Crippen molar-refractivity contribution in [1.29, 1.82) is 0 Å². The molecule has 2 aliphatic carbocycles. The van der Waals surface area contributed by atoms with E-state index in [0.29, 0.717) is 17.0 Å². The Morgan fingerprint density at radius 1 is 1.32 bits per heavy atom. The Labute approximate surface area is 134 Å². The van der Waals surface area contributed by atoms with Crippen molar-refractivity contribution in [3.63, 3.8) is 0 Å². The molecule has 2 amide bonds. The fraction of sp³-hybridized carbons (Fsp3) is 0.800. The summed E-state index contributed by atoms with van der Waals surface area (Å²) in [6.45, 7) is 6.36. The zero-order valence-electron chi connectivity index (χ0n) is 13.3. The zero-order chi connectivity index (χ0) is 15.9. The number of hydrogen-bond acceptors (Lipinski definition) is 5. The van der Waals surface area contributed by atoms with Gasteiger partial charge in [-0.15, -0.1) is 10.2 Å². The molecule has 2 bridgehead atoms. The summed E-state index contributed by atoms with van der Waals surface area (Å²) in [5.41, 5.74) is -0.0688. The van der Waals surface area contributed by atoms with Crippen molar-refractivity contribution in [1.82, 2.24) is 15.5 Å². The molecule has 6 nitrogen and oxygen atoms in total. The third-order valence-electron chi connectivity index (χ3n) is 4.88. The largest absolute Gasteiger partial charge is 0.396 e. The van der Waals surface area contributed by atoms with Gasteiger partial charge in [0.15, 0.2) is 0 Å². The van der Waals surface area contributed by atoms with Crippen LogP contribution in [0.15, 0.2) is 0 Å². The molecule has 0 aromatic carbocycles. The average molecular weight is 324 g/mol. The summed E-state index contributed by atoms with van der Waals surface area (Å²) in [5, 5.41) is 25.0. The Balaban J connectivity index is 1.60. The van der Waals surface area contributed by atoms with Crippen LogP contribution in [0.25, 0.3) is 0 Å². The number of nitrogens with zero attached hydrogens (tertiary/aromatic N) is 2. The van der Waals surface area contributed by atoms with E-state index in [1.54, 1.807) is 0 Å². The SMILES string of the molecule is CC(C)(C)c1nnc(NC(=O)NC2C3CCC(C3)C2CO)s1. The van der Waals surface area contributed by atoms with E-state index >= 15 is 0 Å². The molecule has 22 heavy (non-hydrogen) atoms. The molecule has 2 aliphatic rings. The van der Waals surface area contributed by atoms with E-state index in [1.165, 1.54) is 17.8 Å². The van der Waals surface area contributed by atoms with Gasteiger partial charge in [0.1, 0.15) is 5.01 Å². The van der Waals surface area contributed by atoms with Crippen molar-refractivity contribution in [3.8, 4) is 0 Å².